The lowest BCUT2D eigenvalue weighted by molar-refractivity contribution is 0.333. The van der Waals surface area contributed by atoms with Crippen molar-refractivity contribution in [3.05, 3.63) is 0 Å². The largest absolute Gasteiger partial charge is 0.379 e. The molecule has 0 aromatic heterocycles. The Balaban J connectivity index is 1.89. The van der Waals surface area contributed by atoms with E-state index in [-0.39, 0.29) is 0 Å². The first-order chi connectivity index (χ1) is 6.29. The zero-order valence-electron chi connectivity index (χ0n) is 7.99. The number of nitrogens with one attached hydrogen (secondary N) is 1. The van der Waals surface area contributed by atoms with E-state index in [0.29, 0.717) is 11.3 Å². The van der Waals surface area contributed by atoms with Crippen LogP contribution >= 0.6 is 11.8 Å². The molecule has 2 aliphatic rings. The molecule has 1 aliphatic heterocycles. The molecule has 1 fully saturated rings. The van der Waals surface area contributed by atoms with E-state index in [2.05, 4.69) is 10.3 Å². The molecule has 4 heteroatoms. The Morgan fingerprint density at radius 3 is 3.23 bits per heavy atom. The van der Waals surface area contributed by atoms with Crippen LogP contribution in [-0.4, -0.2) is 30.1 Å². The Bertz CT molecular complexity index is 217. The second-order valence-electron chi connectivity index (χ2n) is 3.93. The molecule has 0 saturated heterocycles. The number of hydrogen-bond donors (Lipinski definition) is 2. The van der Waals surface area contributed by atoms with Crippen molar-refractivity contribution < 1.29 is 0 Å². The average Bonchev–Trinajstić information content (AvgIpc) is 2.44. The van der Waals surface area contributed by atoms with E-state index in [1.165, 1.54) is 19.3 Å². The van der Waals surface area contributed by atoms with Crippen molar-refractivity contribution in [2.24, 2.45) is 16.6 Å². The van der Waals surface area contributed by atoms with Gasteiger partial charge in [0.15, 0.2) is 5.17 Å². The van der Waals surface area contributed by atoms with Crippen LogP contribution < -0.4 is 11.1 Å². The van der Waals surface area contributed by atoms with E-state index in [1.807, 2.05) is 7.05 Å². The maximum Gasteiger partial charge on any atom is 0.154 e. The number of hydrogen-bond acceptors (Lipinski definition) is 4. The Morgan fingerprint density at radius 1 is 1.62 bits per heavy atom. The highest BCUT2D eigenvalue weighted by Crippen LogP contribution is 2.38. The minimum Gasteiger partial charge on any atom is -0.379 e. The maximum atomic E-state index is 5.71. The second kappa shape index (κ2) is 3.88. The summed E-state index contributed by atoms with van der Waals surface area (Å²) in [7, 11) is 2.03. The van der Waals surface area contributed by atoms with Crippen molar-refractivity contribution in [3.8, 4) is 0 Å². The van der Waals surface area contributed by atoms with E-state index < -0.39 is 0 Å². The summed E-state index contributed by atoms with van der Waals surface area (Å²) in [5.41, 5.74) is 5.71. The SMILES string of the molecule is CNCC1CCC2N=C(N)SC2C1. The number of aliphatic imine (C=N–C) groups is 1. The highest BCUT2D eigenvalue weighted by Gasteiger charge is 2.34. The van der Waals surface area contributed by atoms with E-state index >= 15 is 0 Å². The highest BCUT2D eigenvalue weighted by atomic mass is 32.2. The predicted octanol–water partition coefficient (Wildman–Crippen LogP) is 0.805. The van der Waals surface area contributed by atoms with Gasteiger partial charge in [-0.25, -0.2) is 0 Å². The van der Waals surface area contributed by atoms with Gasteiger partial charge in [0.2, 0.25) is 0 Å². The van der Waals surface area contributed by atoms with Crippen LogP contribution in [0.15, 0.2) is 4.99 Å². The van der Waals surface area contributed by atoms with Gasteiger partial charge in [0.25, 0.3) is 0 Å². The molecule has 0 radical (unpaired) electrons. The van der Waals surface area contributed by atoms with Crippen molar-refractivity contribution in [1.29, 1.82) is 0 Å². The zero-order chi connectivity index (χ0) is 9.26. The van der Waals surface area contributed by atoms with Gasteiger partial charge in [-0.2, -0.15) is 0 Å². The summed E-state index contributed by atoms with van der Waals surface area (Å²) in [4.78, 5) is 4.44. The molecular formula is C9H17N3S. The summed E-state index contributed by atoms with van der Waals surface area (Å²) in [6.07, 6.45) is 3.81. The summed E-state index contributed by atoms with van der Waals surface area (Å²) >= 11 is 1.78. The number of thioether (sulfide) groups is 1. The van der Waals surface area contributed by atoms with E-state index in [4.69, 9.17) is 5.73 Å². The van der Waals surface area contributed by atoms with Crippen LogP contribution in [0.25, 0.3) is 0 Å². The van der Waals surface area contributed by atoms with Crippen LogP contribution in [0.4, 0.5) is 0 Å². The summed E-state index contributed by atoms with van der Waals surface area (Å²) in [6.45, 7) is 1.14. The summed E-state index contributed by atoms with van der Waals surface area (Å²) in [6, 6.07) is 0.526. The van der Waals surface area contributed by atoms with Gasteiger partial charge in [-0.05, 0) is 38.8 Å². The third-order valence-corrected chi connectivity index (χ3v) is 4.08. The molecular weight excluding hydrogens is 182 g/mol. The normalized spacial score (nSPS) is 38.5. The first-order valence-corrected chi connectivity index (χ1v) is 5.82. The lowest BCUT2D eigenvalue weighted by Crippen LogP contribution is -2.32. The van der Waals surface area contributed by atoms with Crippen LogP contribution in [0.3, 0.4) is 0 Å². The number of nitrogens with two attached hydrogens (primary N) is 1. The minimum atomic E-state index is 0.526. The summed E-state index contributed by atoms with van der Waals surface area (Å²) in [5.74, 6) is 0.833. The number of amidine groups is 1. The quantitative estimate of drug-likeness (QED) is 0.692. The maximum absolute atomic E-state index is 5.71. The third-order valence-electron chi connectivity index (χ3n) is 2.92. The number of nitrogens with zero attached hydrogens (tertiary/aromatic N) is 1. The Labute approximate surface area is 83.6 Å². The van der Waals surface area contributed by atoms with Gasteiger partial charge in [0.1, 0.15) is 0 Å². The van der Waals surface area contributed by atoms with Crippen molar-refractivity contribution in [3.63, 3.8) is 0 Å². The van der Waals surface area contributed by atoms with Crippen LogP contribution in [0.5, 0.6) is 0 Å². The lowest BCUT2D eigenvalue weighted by Gasteiger charge is -2.29. The molecule has 0 amide bonds. The Morgan fingerprint density at radius 2 is 2.46 bits per heavy atom. The molecule has 3 atom stereocenters. The van der Waals surface area contributed by atoms with Crippen molar-refractivity contribution in [1.82, 2.24) is 5.32 Å². The van der Waals surface area contributed by atoms with Gasteiger partial charge in [-0.15, -0.1) is 0 Å². The molecule has 74 valence electrons. The summed E-state index contributed by atoms with van der Waals surface area (Å²) in [5, 5.41) is 4.73. The first-order valence-electron chi connectivity index (χ1n) is 4.94. The molecule has 0 spiro atoms. The molecule has 3 N–H and O–H groups in total. The molecule has 3 unspecified atom stereocenters. The fourth-order valence-corrected chi connectivity index (χ4v) is 3.52. The fourth-order valence-electron chi connectivity index (χ4n) is 2.29. The zero-order valence-corrected chi connectivity index (χ0v) is 8.81. The molecule has 1 saturated carbocycles. The standard InChI is InChI=1S/C9H17N3S/c1-11-5-6-2-3-7-8(4-6)13-9(10)12-7/h6-8,11H,2-5H2,1H3,(H2,10,12). The fraction of sp³-hybridized carbons (Fsp3) is 0.889. The Kier molecular flexibility index (Phi) is 2.79. The number of fused-ring (bicyclic) bond motifs is 1. The van der Waals surface area contributed by atoms with Crippen LogP contribution in [0.1, 0.15) is 19.3 Å². The van der Waals surface area contributed by atoms with E-state index in [0.717, 1.165) is 17.6 Å². The average molecular weight is 199 g/mol. The lowest BCUT2D eigenvalue weighted by atomic mass is 9.86. The van der Waals surface area contributed by atoms with Crippen molar-refractivity contribution in [2.75, 3.05) is 13.6 Å². The van der Waals surface area contributed by atoms with Gasteiger partial charge in [-0.1, -0.05) is 11.8 Å². The Hall–Kier alpha value is -0.220. The smallest absolute Gasteiger partial charge is 0.154 e. The third kappa shape index (κ3) is 1.99. The highest BCUT2D eigenvalue weighted by molar-refractivity contribution is 8.14. The van der Waals surface area contributed by atoms with Crippen LogP contribution in [-0.2, 0) is 0 Å². The van der Waals surface area contributed by atoms with E-state index in [1.54, 1.807) is 11.8 Å². The van der Waals surface area contributed by atoms with E-state index in [9.17, 15) is 0 Å². The van der Waals surface area contributed by atoms with Gasteiger partial charge >= 0.3 is 0 Å². The van der Waals surface area contributed by atoms with Gasteiger partial charge in [-0.3, -0.25) is 4.99 Å². The monoisotopic (exact) mass is 199 g/mol. The first kappa shape index (κ1) is 9.34. The second-order valence-corrected chi connectivity index (χ2v) is 5.19. The van der Waals surface area contributed by atoms with Crippen LogP contribution in [0.2, 0.25) is 0 Å². The van der Waals surface area contributed by atoms with Gasteiger partial charge < -0.3 is 11.1 Å². The van der Waals surface area contributed by atoms with Crippen molar-refractivity contribution >= 4 is 16.9 Å². The molecule has 1 aliphatic carbocycles. The van der Waals surface area contributed by atoms with Crippen molar-refractivity contribution in [2.45, 2.75) is 30.6 Å². The molecule has 1 heterocycles. The van der Waals surface area contributed by atoms with Gasteiger partial charge in [0.05, 0.1) is 6.04 Å². The topological polar surface area (TPSA) is 50.4 Å². The van der Waals surface area contributed by atoms with Gasteiger partial charge in [0, 0.05) is 5.25 Å². The summed E-state index contributed by atoms with van der Waals surface area (Å²) < 4.78 is 0. The molecule has 0 aromatic carbocycles. The molecule has 0 aromatic rings. The van der Waals surface area contributed by atoms with Crippen LogP contribution in [0, 0.1) is 5.92 Å². The molecule has 3 nitrogen and oxygen atoms in total. The molecule has 0 bridgehead atoms. The molecule has 2 rings (SSSR count). The number of rotatable bonds is 2. The predicted molar refractivity (Wildman–Crippen MR) is 58.1 cm³/mol. The minimum absolute atomic E-state index is 0.526. The molecule has 13 heavy (non-hydrogen) atoms.